The van der Waals surface area contributed by atoms with Crippen LogP contribution in [0.5, 0.6) is 0 Å². The Morgan fingerprint density at radius 2 is 1.94 bits per heavy atom. The molecule has 3 N–H and O–H groups in total. The summed E-state index contributed by atoms with van der Waals surface area (Å²) in [4.78, 5) is 4.21. The van der Waals surface area contributed by atoms with Gasteiger partial charge in [-0.05, 0) is 24.8 Å². The predicted octanol–water partition coefficient (Wildman–Crippen LogP) is 2.72. The van der Waals surface area contributed by atoms with Gasteiger partial charge in [0.1, 0.15) is 0 Å². The highest BCUT2D eigenvalue weighted by molar-refractivity contribution is 5.53. The van der Waals surface area contributed by atoms with E-state index in [1.807, 2.05) is 12.4 Å². The first kappa shape index (κ1) is 14.8. The lowest BCUT2D eigenvalue weighted by Gasteiger charge is -2.15. The van der Waals surface area contributed by atoms with Crippen LogP contribution in [0.4, 0.5) is 11.4 Å². The highest BCUT2D eigenvalue weighted by atomic mass is 16.3. The van der Waals surface area contributed by atoms with Crippen molar-refractivity contribution in [2.45, 2.75) is 33.1 Å². The molecule has 1 heterocycles. The van der Waals surface area contributed by atoms with Gasteiger partial charge in [-0.1, -0.05) is 20.3 Å². The molecular weight excluding hydrogens is 226 g/mol. The zero-order valence-corrected chi connectivity index (χ0v) is 11.4. The van der Waals surface area contributed by atoms with E-state index < -0.39 is 0 Å². The van der Waals surface area contributed by atoms with Gasteiger partial charge in [-0.2, -0.15) is 0 Å². The van der Waals surface area contributed by atoms with Gasteiger partial charge in [-0.15, -0.1) is 0 Å². The largest absolute Gasteiger partial charge is 0.396 e. The standard InChI is InChI=1S/C14H25N3O/c1-3-6-16-13-8-14(11-15-10-13)17-9-12(4-2)5-7-18/h8,10-12,16-18H,3-7,9H2,1-2H3. The molecule has 0 spiro atoms. The zero-order chi connectivity index (χ0) is 13.2. The van der Waals surface area contributed by atoms with E-state index in [2.05, 4.69) is 35.5 Å². The van der Waals surface area contributed by atoms with Crippen molar-refractivity contribution in [3.8, 4) is 0 Å². The molecule has 1 rings (SSSR count). The number of rotatable bonds is 9. The van der Waals surface area contributed by atoms with Crippen LogP contribution in [0.3, 0.4) is 0 Å². The van der Waals surface area contributed by atoms with E-state index >= 15 is 0 Å². The first-order valence-electron chi connectivity index (χ1n) is 6.83. The Kier molecular flexibility index (Phi) is 7.18. The predicted molar refractivity (Wildman–Crippen MR) is 77.0 cm³/mol. The van der Waals surface area contributed by atoms with Gasteiger partial charge >= 0.3 is 0 Å². The summed E-state index contributed by atoms with van der Waals surface area (Å²) in [5.74, 6) is 0.516. The number of hydrogen-bond acceptors (Lipinski definition) is 4. The summed E-state index contributed by atoms with van der Waals surface area (Å²) >= 11 is 0. The summed E-state index contributed by atoms with van der Waals surface area (Å²) in [7, 11) is 0. The molecule has 4 heteroatoms. The van der Waals surface area contributed by atoms with Crippen molar-refractivity contribution in [1.29, 1.82) is 0 Å². The van der Waals surface area contributed by atoms with Crippen LogP contribution in [0.25, 0.3) is 0 Å². The van der Waals surface area contributed by atoms with Gasteiger partial charge < -0.3 is 15.7 Å². The lowest BCUT2D eigenvalue weighted by molar-refractivity contribution is 0.258. The van der Waals surface area contributed by atoms with E-state index in [9.17, 15) is 0 Å². The minimum Gasteiger partial charge on any atom is -0.396 e. The maximum absolute atomic E-state index is 8.96. The minimum absolute atomic E-state index is 0.260. The SMILES string of the molecule is CCCNc1cncc(NCC(CC)CCO)c1. The molecule has 0 aliphatic rings. The van der Waals surface area contributed by atoms with Crippen LogP contribution in [-0.2, 0) is 0 Å². The van der Waals surface area contributed by atoms with Crippen molar-refractivity contribution < 1.29 is 5.11 Å². The lowest BCUT2D eigenvalue weighted by atomic mass is 10.0. The highest BCUT2D eigenvalue weighted by Crippen LogP contribution is 2.15. The van der Waals surface area contributed by atoms with Gasteiger partial charge in [-0.3, -0.25) is 4.98 Å². The first-order valence-corrected chi connectivity index (χ1v) is 6.83. The Balaban J connectivity index is 2.45. The van der Waals surface area contributed by atoms with Crippen LogP contribution in [0.2, 0.25) is 0 Å². The van der Waals surface area contributed by atoms with E-state index in [0.29, 0.717) is 5.92 Å². The summed E-state index contributed by atoms with van der Waals surface area (Å²) in [5.41, 5.74) is 2.09. The number of nitrogens with zero attached hydrogens (tertiary/aromatic N) is 1. The summed E-state index contributed by atoms with van der Waals surface area (Å²) in [6.45, 7) is 6.41. The molecule has 0 bridgehead atoms. The fourth-order valence-corrected chi connectivity index (χ4v) is 1.80. The molecule has 1 atom stereocenters. The number of nitrogens with one attached hydrogen (secondary N) is 2. The zero-order valence-electron chi connectivity index (χ0n) is 11.4. The van der Waals surface area contributed by atoms with Crippen molar-refractivity contribution in [1.82, 2.24) is 4.98 Å². The average molecular weight is 251 g/mol. The normalized spacial score (nSPS) is 12.2. The maximum Gasteiger partial charge on any atom is 0.0547 e. The summed E-state index contributed by atoms with van der Waals surface area (Å²) < 4.78 is 0. The van der Waals surface area contributed by atoms with Crippen LogP contribution in [0, 0.1) is 5.92 Å². The van der Waals surface area contributed by atoms with E-state index in [4.69, 9.17) is 5.11 Å². The topological polar surface area (TPSA) is 57.2 Å². The minimum atomic E-state index is 0.260. The van der Waals surface area contributed by atoms with Gasteiger partial charge in [0.25, 0.3) is 0 Å². The Hall–Kier alpha value is -1.29. The monoisotopic (exact) mass is 251 g/mol. The first-order chi connectivity index (χ1) is 8.80. The third-order valence-corrected chi connectivity index (χ3v) is 3.03. The Labute approximate surface area is 110 Å². The molecule has 0 aromatic carbocycles. The van der Waals surface area contributed by atoms with E-state index in [1.54, 1.807) is 0 Å². The summed E-state index contributed by atoms with van der Waals surface area (Å²) in [6, 6.07) is 2.08. The Bertz CT molecular complexity index is 331. The fourth-order valence-electron chi connectivity index (χ4n) is 1.80. The van der Waals surface area contributed by atoms with Gasteiger partial charge in [0.2, 0.25) is 0 Å². The van der Waals surface area contributed by atoms with Crippen LogP contribution in [0.1, 0.15) is 33.1 Å². The maximum atomic E-state index is 8.96. The number of pyridine rings is 1. The van der Waals surface area contributed by atoms with Crippen molar-refractivity contribution in [2.75, 3.05) is 30.3 Å². The van der Waals surface area contributed by atoms with E-state index in [-0.39, 0.29) is 6.61 Å². The number of anilines is 2. The molecule has 1 unspecified atom stereocenters. The van der Waals surface area contributed by atoms with E-state index in [0.717, 1.165) is 43.7 Å². The molecule has 0 aliphatic heterocycles. The second kappa shape index (κ2) is 8.75. The summed E-state index contributed by atoms with van der Waals surface area (Å²) in [5, 5.41) is 15.7. The van der Waals surface area contributed by atoms with Crippen molar-refractivity contribution in [2.24, 2.45) is 5.92 Å². The Morgan fingerprint density at radius 3 is 2.56 bits per heavy atom. The van der Waals surface area contributed by atoms with Crippen LogP contribution < -0.4 is 10.6 Å². The van der Waals surface area contributed by atoms with Gasteiger partial charge in [0.15, 0.2) is 0 Å². The highest BCUT2D eigenvalue weighted by Gasteiger charge is 2.05. The molecule has 1 aromatic heterocycles. The molecule has 102 valence electrons. The van der Waals surface area contributed by atoms with Crippen molar-refractivity contribution in [3.63, 3.8) is 0 Å². The van der Waals surface area contributed by atoms with Crippen molar-refractivity contribution >= 4 is 11.4 Å². The number of aromatic nitrogens is 1. The molecule has 0 amide bonds. The van der Waals surface area contributed by atoms with Gasteiger partial charge in [0, 0.05) is 19.7 Å². The average Bonchev–Trinajstić information content (AvgIpc) is 2.41. The third kappa shape index (κ3) is 5.36. The second-order valence-corrected chi connectivity index (χ2v) is 4.56. The van der Waals surface area contributed by atoms with Gasteiger partial charge in [-0.25, -0.2) is 0 Å². The molecular formula is C14H25N3O. The second-order valence-electron chi connectivity index (χ2n) is 4.56. The quantitative estimate of drug-likeness (QED) is 0.631. The number of aliphatic hydroxyl groups excluding tert-OH is 1. The molecule has 1 aromatic rings. The fraction of sp³-hybridized carbons (Fsp3) is 0.643. The summed E-state index contributed by atoms with van der Waals surface area (Å²) in [6.07, 6.45) is 6.71. The number of hydrogen-bond donors (Lipinski definition) is 3. The molecule has 18 heavy (non-hydrogen) atoms. The molecule has 0 aliphatic carbocycles. The lowest BCUT2D eigenvalue weighted by Crippen LogP contribution is -2.15. The van der Waals surface area contributed by atoms with E-state index in [1.165, 1.54) is 0 Å². The Morgan fingerprint density at radius 1 is 1.22 bits per heavy atom. The number of aliphatic hydroxyl groups is 1. The molecule has 0 saturated carbocycles. The molecule has 0 saturated heterocycles. The van der Waals surface area contributed by atoms with Gasteiger partial charge in [0.05, 0.1) is 23.8 Å². The van der Waals surface area contributed by atoms with Crippen LogP contribution in [-0.4, -0.2) is 29.8 Å². The van der Waals surface area contributed by atoms with Crippen LogP contribution >= 0.6 is 0 Å². The smallest absolute Gasteiger partial charge is 0.0547 e. The molecule has 0 radical (unpaired) electrons. The molecule has 4 nitrogen and oxygen atoms in total. The molecule has 0 fully saturated rings. The van der Waals surface area contributed by atoms with Crippen molar-refractivity contribution in [3.05, 3.63) is 18.5 Å². The third-order valence-electron chi connectivity index (χ3n) is 3.03. The van der Waals surface area contributed by atoms with Crippen LogP contribution in [0.15, 0.2) is 18.5 Å².